The minimum absolute atomic E-state index is 0.134. The Hall–Kier alpha value is -1.07. The van der Waals surface area contributed by atoms with Crippen LogP contribution in [0.25, 0.3) is 0 Å². The molecule has 1 heterocycles. The number of hydrogen-bond acceptors (Lipinski definition) is 4. The summed E-state index contributed by atoms with van der Waals surface area (Å²) < 4.78 is 18.2. The fourth-order valence-corrected chi connectivity index (χ4v) is 2.87. The van der Waals surface area contributed by atoms with Gasteiger partial charge in [0.15, 0.2) is 0 Å². The molecule has 1 fully saturated rings. The summed E-state index contributed by atoms with van der Waals surface area (Å²) in [6.45, 7) is 2.07. The number of esters is 1. The number of benzene rings is 1. The smallest absolute Gasteiger partial charge is 0.338 e. The van der Waals surface area contributed by atoms with Gasteiger partial charge in [-0.2, -0.15) is 0 Å². The molecule has 0 spiro atoms. The van der Waals surface area contributed by atoms with E-state index in [1.807, 2.05) is 19.1 Å². The zero-order valence-electron chi connectivity index (χ0n) is 10.0. The van der Waals surface area contributed by atoms with Gasteiger partial charge in [0.2, 0.25) is 0 Å². The summed E-state index contributed by atoms with van der Waals surface area (Å²) in [7, 11) is 0. The molecule has 3 atom stereocenters. The first-order chi connectivity index (χ1) is 8.56. The van der Waals surface area contributed by atoms with Gasteiger partial charge in [0, 0.05) is 5.25 Å². The first-order valence-electron chi connectivity index (χ1n) is 5.77. The number of aliphatic hydroxyl groups is 1. The third kappa shape index (κ3) is 3.23. The molecule has 0 aliphatic carbocycles. The van der Waals surface area contributed by atoms with Crippen molar-refractivity contribution >= 4 is 17.7 Å². The van der Waals surface area contributed by atoms with E-state index in [2.05, 4.69) is 0 Å². The Labute approximate surface area is 109 Å². The van der Waals surface area contributed by atoms with Crippen molar-refractivity contribution < 1.29 is 19.0 Å². The molecule has 1 aliphatic heterocycles. The van der Waals surface area contributed by atoms with E-state index in [-0.39, 0.29) is 18.3 Å². The molecule has 0 aromatic heterocycles. The van der Waals surface area contributed by atoms with Crippen molar-refractivity contribution in [2.75, 3.05) is 6.61 Å². The van der Waals surface area contributed by atoms with Crippen LogP contribution in [0.3, 0.4) is 0 Å². The van der Waals surface area contributed by atoms with Crippen molar-refractivity contribution in [1.29, 1.82) is 0 Å². The number of alkyl halides is 1. The lowest BCUT2D eigenvalue weighted by Crippen LogP contribution is -2.15. The molecular weight excluding hydrogens is 255 g/mol. The van der Waals surface area contributed by atoms with Crippen molar-refractivity contribution in [3.05, 3.63) is 35.4 Å². The standard InChI is InChI=1S/C13H15FO3S/c1-8-2-4-9(5-3-8)12(15)17-7-10-6-11(14)13(16)18-10/h2-5,10-11,13,16H,6-7H2,1H3/t10-,11-,13?/m0/s1. The zero-order valence-corrected chi connectivity index (χ0v) is 10.8. The summed E-state index contributed by atoms with van der Waals surface area (Å²) in [4.78, 5) is 11.7. The van der Waals surface area contributed by atoms with E-state index >= 15 is 0 Å². The second-order valence-electron chi connectivity index (χ2n) is 4.36. The molecule has 18 heavy (non-hydrogen) atoms. The van der Waals surface area contributed by atoms with Crippen LogP contribution in [0, 0.1) is 6.92 Å². The normalized spacial score (nSPS) is 27.2. The predicted octanol–water partition coefficient (Wildman–Crippen LogP) is 2.31. The van der Waals surface area contributed by atoms with Gasteiger partial charge in [-0.05, 0) is 25.5 Å². The first-order valence-corrected chi connectivity index (χ1v) is 6.72. The third-order valence-electron chi connectivity index (χ3n) is 2.82. The van der Waals surface area contributed by atoms with Gasteiger partial charge in [0.1, 0.15) is 18.2 Å². The quantitative estimate of drug-likeness (QED) is 0.856. The maximum absolute atomic E-state index is 13.0. The Morgan fingerprint density at radius 3 is 2.72 bits per heavy atom. The maximum Gasteiger partial charge on any atom is 0.338 e. The highest BCUT2D eigenvalue weighted by atomic mass is 32.2. The van der Waals surface area contributed by atoms with Crippen molar-refractivity contribution in [2.45, 2.75) is 30.2 Å². The number of thioether (sulfide) groups is 1. The molecule has 0 bridgehead atoms. The van der Waals surface area contributed by atoms with Crippen LogP contribution in [-0.4, -0.2) is 34.5 Å². The second kappa shape index (κ2) is 5.71. The zero-order chi connectivity index (χ0) is 13.1. The molecular formula is C13H15FO3S. The highest BCUT2D eigenvalue weighted by Crippen LogP contribution is 2.34. The minimum atomic E-state index is -1.22. The fourth-order valence-electron chi connectivity index (χ4n) is 1.75. The largest absolute Gasteiger partial charge is 0.461 e. The molecule has 98 valence electrons. The maximum atomic E-state index is 13.0. The van der Waals surface area contributed by atoms with Gasteiger partial charge < -0.3 is 9.84 Å². The predicted molar refractivity (Wildman–Crippen MR) is 68.4 cm³/mol. The second-order valence-corrected chi connectivity index (χ2v) is 5.79. The van der Waals surface area contributed by atoms with Gasteiger partial charge in [-0.3, -0.25) is 0 Å². The number of halogens is 1. The van der Waals surface area contributed by atoms with E-state index < -0.39 is 17.6 Å². The van der Waals surface area contributed by atoms with Crippen LogP contribution in [0.2, 0.25) is 0 Å². The van der Waals surface area contributed by atoms with Crippen LogP contribution in [-0.2, 0) is 4.74 Å². The van der Waals surface area contributed by atoms with Crippen LogP contribution >= 0.6 is 11.8 Å². The first kappa shape index (κ1) is 13.4. The fraction of sp³-hybridized carbons (Fsp3) is 0.462. The SMILES string of the molecule is Cc1ccc(C(=O)OC[C@@H]2C[C@H](F)C(O)S2)cc1. The number of rotatable bonds is 3. The molecule has 1 aliphatic rings. The summed E-state index contributed by atoms with van der Waals surface area (Å²) in [6, 6.07) is 7.07. The molecule has 1 unspecified atom stereocenters. The summed E-state index contributed by atoms with van der Waals surface area (Å²) >= 11 is 1.12. The molecule has 0 radical (unpaired) electrons. The molecule has 0 amide bonds. The monoisotopic (exact) mass is 270 g/mol. The van der Waals surface area contributed by atoms with E-state index in [9.17, 15) is 14.3 Å². The van der Waals surface area contributed by atoms with Crippen molar-refractivity contribution in [3.63, 3.8) is 0 Å². The Morgan fingerprint density at radius 2 is 2.17 bits per heavy atom. The van der Waals surface area contributed by atoms with Crippen molar-refractivity contribution in [1.82, 2.24) is 0 Å². The van der Waals surface area contributed by atoms with Gasteiger partial charge in [0.25, 0.3) is 0 Å². The lowest BCUT2D eigenvalue weighted by atomic mass is 10.1. The average molecular weight is 270 g/mol. The van der Waals surface area contributed by atoms with Crippen LogP contribution in [0.15, 0.2) is 24.3 Å². The lowest BCUT2D eigenvalue weighted by molar-refractivity contribution is 0.0498. The highest BCUT2D eigenvalue weighted by molar-refractivity contribution is 8.00. The number of ether oxygens (including phenoxy) is 1. The molecule has 1 aromatic rings. The van der Waals surface area contributed by atoms with E-state index in [0.717, 1.165) is 17.3 Å². The molecule has 1 N–H and O–H groups in total. The molecule has 1 aromatic carbocycles. The van der Waals surface area contributed by atoms with Gasteiger partial charge in [-0.1, -0.05) is 17.7 Å². The van der Waals surface area contributed by atoms with Gasteiger partial charge in [-0.15, -0.1) is 11.8 Å². The van der Waals surface area contributed by atoms with Crippen LogP contribution < -0.4 is 0 Å². The summed E-state index contributed by atoms with van der Waals surface area (Å²) in [6.07, 6.45) is -0.995. The number of aryl methyl sites for hydroxylation is 1. The minimum Gasteiger partial charge on any atom is -0.461 e. The molecule has 0 saturated carbocycles. The number of aliphatic hydroxyl groups excluding tert-OH is 1. The average Bonchev–Trinajstić information content (AvgIpc) is 2.67. The summed E-state index contributed by atoms with van der Waals surface area (Å²) in [5, 5.41) is 9.07. The topological polar surface area (TPSA) is 46.5 Å². The Kier molecular flexibility index (Phi) is 4.24. The number of carbonyl (C=O) groups is 1. The van der Waals surface area contributed by atoms with E-state index in [4.69, 9.17) is 4.74 Å². The number of carbonyl (C=O) groups excluding carboxylic acids is 1. The van der Waals surface area contributed by atoms with Gasteiger partial charge in [-0.25, -0.2) is 9.18 Å². The molecule has 1 saturated heterocycles. The number of hydrogen-bond donors (Lipinski definition) is 1. The molecule has 3 nitrogen and oxygen atoms in total. The Balaban J connectivity index is 1.84. The Bertz CT molecular complexity index is 411. The summed E-state index contributed by atoms with van der Waals surface area (Å²) in [5.74, 6) is -0.410. The third-order valence-corrected chi connectivity index (χ3v) is 4.10. The molecule has 5 heteroatoms. The van der Waals surface area contributed by atoms with Crippen LogP contribution in [0.5, 0.6) is 0 Å². The van der Waals surface area contributed by atoms with E-state index in [1.54, 1.807) is 12.1 Å². The molecule has 2 rings (SSSR count). The highest BCUT2D eigenvalue weighted by Gasteiger charge is 2.34. The van der Waals surface area contributed by atoms with E-state index in [0.29, 0.717) is 5.56 Å². The van der Waals surface area contributed by atoms with Gasteiger partial charge in [0.05, 0.1) is 5.56 Å². The van der Waals surface area contributed by atoms with Crippen LogP contribution in [0.1, 0.15) is 22.3 Å². The van der Waals surface area contributed by atoms with Gasteiger partial charge >= 0.3 is 5.97 Å². The summed E-state index contributed by atoms with van der Waals surface area (Å²) in [5.41, 5.74) is 0.565. The lowest BCUT2D eigenvalue weighted by Gasteiger charge is -2.09. The van der Waals surface area contributed by atoms with Crippen LogP contribution in [0.4, 0.5) is 4.39 Å². The van der Waals surface area contributed by atoms with Crippen molar-refractivity contribution in [3.8, 4) is 0 Å². The van der Waals surface area contributed by atoms with Crippen molar-refractivity contribution in [2.24, 2.45) is 0 Å². The Morgan fingerprint density at radius 1 is 1.50 bits per heavy atom. The van der Waals surface area contributed by atoms with E-state index in [1.165, 1.54) is 0 Å².